The minimum absolute atomic E-state index is 0.0174. The van der Waals surface area contributed by atoms with Crippen LogP contribution >= 0.6 is 0 Å². The number of piperidine rings is 1. The number of nitrogens with zero attached hydrogens (tertiary/aromatic N) is 1. The van der Waals surface area contributed by atoms with Crippen molar-refractivity contribution in [2.45, 2.75) is 24.2 Å². The molecule has 0 unspecified atom stereocenters. The molecule has 27 heavy (non-hydrogen) atoms. The monoisotopic (exact) mass is 392 g/mol. The molecule has 1 saturated heterocycles. The number of rotatable bonds is 5. The number of carbonyl (C=O) groups is 1. The molecule has 1 fully saturated rings. The molecule has 0 saturated carbocycles. The molecule has 144 valence electrons. The van der Waals surface area contributed by atoms with Gasteiger partial charge in [0.1, 0.15) is 16.5 Å². The third kappa shape index (κ3) is 4.28. The average molecular weight is 392 g/mol. The number of sulfonamides is 1. The molecule has 0 aliphatic carbocycles. The Morgan fingerprint density at radius 1 is 1.07 bits per heavy atom. The van der Waals surface area contributed by atoms with Gasteiger partial charge in [0, 0.05) is 24.3 Å². The maximum atomic E-state index is 13.0. The van der Waals surface area contributed by atoms with E-state index in [4.69, 9.17) is 4.74 Å². The lowest BCUT2D eigenvalue weighted by molar-refractivity contribution is 0.102. The van der Waals surface area contributed by atoms with E-state index in [-0.39, 0.29) is 16.2 Å². The first kappa shape index (κ1) is 19.3. The zero-order valence-electron chi connectivity index (χ0n) is 14.9. The van der Waals surface area contributed by atoms with Crippen molar-refractivity contribution in [2.75, 3.05) is 25.5 Å². The van der Waals surface area contributed by atoms with Gasteiger partial charge in [0.2, 0.25) is 10.0 Å². The lowest BCUT2D eigenvalue weighted by Gasteiger charge is -2.26. The van der Waals surface area contributed by atoms with E-state index in [1.165, 1.54) is 47.8 Å². The normalized spacial score (nSPS) is 15.3. The fraction of sp³-hybridized carbons (Fsp3) is 0.316. The van der Waals surface area contributed by atoms with Crippen LogP contribution in [0, 0.1) is 5.82 Å². The van der Waals surface area contributed by atoms with Gasteiger partial charge >= 0.3 is 0 Å². The Hall–Kier alpha value is -2.45. The van der Waals surface area contributed by atoms with Crippen LogP contribution in [0.4, 0.5) is 10.1 Å². The summed E-state index contributed by atoms with van der Waals surface area (Å²) < 4.78 is 45.7. The highest BCUT2D eigenvalue weighted by Gasteiger charge is 2.29. The quantitative estimate of drug-likeness (QED) is 0.847. The number of methoxy groups -OCH3 is 1. The number of hydrogen-bond acceptors (Lipinski definition) is 4. The van der Waals surface area contributed by atoms with Gasteiger partial charge in [-0.15, -0.1) is 0 Å². The highest BCUT2D eigenvalue weighted by Crippen LogP contribution is 2.31. The molecule has 2 aromatic rings. The fourth-order valence-corrected chi connectivity index (χ4v) is 4.70. The Kier molecular flexibility index (Phi) is 5.76. The number of hydrogen-bond donors (Lipinski definition) is 1. The molecular weight excluding hydrogens is 371 g/mol. The number of nitrogens with one attached hydrogen (secondary N) is 1. The Labute approximate surface area is 158 Å². The molecule has 8 heteroatoms. The van der Waals surface area contributed by atoms with Crippen LogP contribution in [0.2, 0.25) is 0 Å². The van der Waals surface area contributed by atoms with Crippen LogP contribution < -0.4 is 10.1 Å². The second-order valence-corrected chi connectivity index (χ2v) is 8.20. The number of ether oxygens (including phenoxy) is 1. The summed E-state index contributed by atoms with van der Waals surface area (Å²) in [7, 11) is -2.32. The van der Waals surface area contributed by atoms with Gasteiger partial charge in [-0.3, -0.25) is 4.79 Å². The predicted octanol–water partition coefficient (Wildman–Crippen LogP) is 3.26. The topological polar surface area (TPSA) is 75.7 Å². The molecule has 1 heterocycles. The molecule has 1 aliphatic heterocycles. The summed E-state index contributed by atoms with van der Waals surface area (Å²) in [6, 6.07) is 9.57. The maximum Gasteiger partial charge on any atom is 0.255 e. The van der Waals surface area contributed by atoms with Gasteiger partial charge in [0.15, 0.2) is 0 Å². The molecule has 0 spiro atoms. The van der Waals surface area contributed by atoms with Gasteiger partial charge in [-0.05, 0) is 55.3 Å². The molecule has 3 rings (SSSR count). The minimum Gasteiger partial charge on any atom is -0.495 e. The zero-order valence-corrected chi connectivity index (χ0v) is 15.8. The van der Waals surface area contributed by atoms with E-state index in [1.807, 2.05) is 0 Å². The van der Waals surface area contributed by atoms with E-state index in [2.05, 4.69) is 5.32 Å². The molecule has 0 aromatic heterocycles. The summed E-state index contributed by atoms with van der Waals surface area (Å²) in [5.74, 6) is -0.673. The second kappa shape index (κ2) is 8.06. The summed E-state index contributed by atoms with van der Waals surface area (Å²) >= 11 is 0. The van der Waals surface area contributed by atoms with E-state index in [0.29, 0.717) is 18.8 Å². The van der Waals surface area contributed by atoms with Gasteiger partial charge in [-0.1, -0.05) is 6.42 Å². The van der Waals surface area contributed by atoms with E-state index in [0.717, 1.165) is 19.3 Å². The third-order valence-electron chi connectivity index (χ3n) is 4.46. The predicted molar refractivity (Wildman–Crippen MR) is 100.0 cm³/mol. The summed E-state index contributed by atoms with van der Waals surface area (Å²) in [5.41, 5.74) is 0.591. The smallest absolute Gasteiger partial charge is 0.255 e. The average Bonchev–Trinajstić information content (AvgIpc) is 2.69. The van der Waals surface area contributed by atoms with E-state index < -0.39 is 21.7 Å². The van der Waals surface area contributed by atoms with Crippen LogP contribution in [0.3, 0.4) is 0 Å². The highest BCUT2D eigenvalue weighted by molar-refractivity contribution is 7.89. The SMILES string of the molecule is COc1ccc(NC(=O)c2ccc(F)cc2)cc1S(=O)(=O)N1CCCCC1. The van der Waals surface area contributed by atoms with Crippen molar-refractivity contribution < 1.29 is 22.3 Å². The second-order valence-electron chi connectivity index (χ2n) is 6.29. The summed E-state index contributed by atoms with van der Waals surface area (Å²) in [6.45, 7) is 0.940. The minimum atomic E-state index is -3.73. The van der Waals surface area contributed by atoms with Crippen molar-refractivity contribution in [3.63, 3.8) is 0 Å². The van der Waals surface area contributed by atoms with E-state index >= 15 is 0 Å². The standard InChI is InChI=1S/C19H21FN2O4S/c1-26-17-10-9-16(21-19(23)14-5-7-15(20)8-6-14)13-18(17)27(24,25)22-11-3-2-4-12-22/h5-10,13H,2-4,11-12H2,1H3,(H,21,23). The van der Waals surface area contributed by atoms with Crippen molar-refractivity contribution in [1.82, 2.24) is 4.31 Å². The molecular formula is C19H21FN2O4S. The number of anilines is 1. The lowest BCUT2D eigenvalue weighted by atomic mass is 10.2. The van der Waals surface area contributed by atoms with Gasteiger partial charge in [0.05, 0.1) is 7.11 Å². The van der Waals surface area contributed by atoms with Crippen LogP contribution in [-0.2, 0) is 10.0 Å². The van der Waals surface area contributed by atoms with Crippen molar-refractivity contribution in [3.05, 3.63) is 53.8 Å². The number of benzene rings is 2. The van der Waals surface area contributed by atoms with Crippen molar-refractivity contribution >= 4 is 21.6 Å². The highest BCUT2D eigenvalue weighted by atomic mass is 32.2. The van der Waals surface area contributed by atoms with E-state index in [1.54, 1.807) is 6.07 Å². The van der Waals surface area contributed by atoms with Crippen LogP contribution in [0.5, 0.6) is 5.75 Å². The van der Waals surface area contributed by atoms with Gasteiger partial charge in [-0.2, -0.15) is 4.31 Å². The third-order valence-corrected chi connectivity index (χ3v) is 6.38. The Morgan fingerprint density at radius 2 is 1.74 bits per heavy atom. The van der Waals surface area contributed by atoms with Crippen LogP contribution in [0.25, 0.3) is 0 Å². The van der Waals surface area contributed by atoms with Gasteiger partial charge in [0.25, 0.3) is 5.91 Å². The molecule has 1 amide bonds. The Morgan fingerprint density at radius 3 is 2.37 bits per heavy atom. The van der Waals surface area contributed by atoms with Crippen LogP contribution in [0.15, 0.2) is 47.4 Å². The summed E-state index contributed by atoms with van der Waals surface area (Å²) in [6.07, 6.45) is 2.65. The van der Waals surface area contributed by atoms with E-state index in [9.17, 15) is 17.6 Å². The van der Waals surface area contributed by atoms with Gasteiger partial charge < -0.3 is 10.1 Å². The molecule has 0 atom stereocenters. The van der Waals surface area contributed by atoms with Crippen molar-refractivity contribution in [3.8, 4) is 5.75 Å². The van der Waals surface area contributed by atoms with Crippen molar-refractivity contribution in [1.29, 1.82) is 0 Å². The number of carbonyl (C=O) groups excluding carboxylic acids is 1. The summed E-state index contributed by atoms with van der Waals surface area (Å²) in [4.78, 5) is 12.3. The number of halogens is 1. The van der Waals surface area contributed by atoms with Gasteiger partial charge in [-0.25, -0.2) is 12.8 Å². The largest absolute Gasteiger partial charge is 0.495 e. The molecule has 2 aromatic carbocycles. The first-order valence-corrected chi connectivity index (χ1v) is 10.1. The Balaban J connectivity index is 1.89. The first-order valence-electron chi connectivity index (χ1n) is 8.67. The first-order chi connectivity index (χ1) is 12.9. The zero-order chi connectivity index (χ0) is 19.4. The molecule has 0 radical (unpaired) electrons. The van der Waals surface area contributed by atoms with Crippen LogP contribution in [0.1, 0.15) is 29.6 Å². The van der Waals surface area contributed by atoms with Crippen LogP contribution in [-0.4, -0.2) is 38.8 Å². The maximum absolute atomic E-state index is 13.0. The molecule has 6 nitrogen and oxygen atoms in total. The van der Waals surface area contributed by atoms with Crippen molar-refractivity contribution in [2.24, 2.45) is 0 Å². The molecule has 1 aliphatic rings. The number of amides is 1. The lowest BCUT2D eigenvalue weighted by Crippen LogP contribution is -2.35. The fourth-order valence-electron chi connectivity index (χ4n) is 3.00. The molecule has 1 N–H and O–H groups in total. The molecule has 0 bridgehead atoms. The Bertz CT molecular complexity index is 923. The summed E-state index contributed by atoms with van der Waals surface area (Å²) in [5, 5.41) is 2.64.